The smallest absolute Gasteiger partial charge is 0.0950 e. The fourth-order valence-corrected chi connectivity index (χ4v) is 3.95. The Morgan fingerprint density at radius 3 is 2.95 bits per heavy atom. The van der Waals surface area contributed by atoms with E-state index in [-0.39, 0.29) is 11.3 Å². The first-order valence-electron chi connectivity index (χ1n) is 7.64. The molecule has 2 aliphatic rings. The molecule has 4 rings (SSSR count). The number of aryl methyl sites for hydroxylation is 1. The van der Waals surface area contributed by atoms with E-state index in [1.165, 1.54) is 24.1 Å². The minimum absolute atomic E-state index is 0.0290. The van der Waals surface area contributed by atoms with Crippen molar-refractivity contribution in [1.29, 1.82) is 5.26 Å². The molecule has 4 heteroatoms. The summed E-state index contributed by atoms with van der Waals surface area (Å²) in [6.45, 7) is 0. The zero-order valence-corrected chi connectivity index (χ0v) is 11.9. The van der Waals surface area contributed by atoms with Gasteiger partial charge < -0.3 is 4.57 Å². The zero-order valence-electron chi connectivity index (χ0n) is 11.9. The van der Waals surface area contributed by atoms with Gasteiger partial charge in [0.1, 0.15) is 0 Å². The maximum Gasteiger partial charge on any atom is 0.0950 e. The van der Waals surface area contributed by atoms with Crippen LogP contribution in [0.5, 0.6) is 0 Å². The Balaban J connectivity index is 1.66. The highest BCUT2D eigenvalue weighted by atomic mass is 15.1. The van der Waals surface area contributed by atoms with Crippen LogP contribution in [0.3, 0.4) is 0 Å². The molecule has 2 aromatic heterocycles. The number of hydrogen-bond acceptors (Lipinski definition) is 3. The van der Waals surface area contributed by atoms with Crippen LogP contribution in [-0.4, -0.2) is 14.5 Å². The molecule has 21 heavy (non-hydrogen) atoms. The third-order valence-electron chi connectivity index (χ3n) is 5.20. The van der Waals surface area contributed by atoms with Gasteiger partial charge in [0.15, 0.2) is 0 Å². The van der Waals surface area contributed by atoms with Gasteiger partial charge in [-0.3, -0.25) is 4.98 Å². The van der Waals surface area contributed by atoms with Crippen LogP contribution in [0.25, 0.3) is 0 Å². The lowest BCUT2D eigenvalue weighted by Crippen LogP contribution is -2.23. The standard InChI is InChI=1S/C17H18N4/c18-10-14-8-17(14,13-4-6-19-7-5-13)9-15-2-1-3-16-11-20-12-21(15)16/h4-7,11-12,14-15H,1-3,8-9H2. The van der Waals surface area contributed by atoms with Crippen LogP contribution in [0.2, 0.25) is 0 Å². The van der Waals surface area contributed by atoms with Crippen LogP contribution >= 0.6 is 0 Å². The molecule has 1 aliphatic heterocycles. The molecule has 2 aromatic rings. The maximum atomic E-state index is 9.40. The van der Waals surface area contributed by atoms with E-state index in [1.54, 1.807) is 0 Å². The fourth-order valence-electron chi connectivity index (χ4n) is 3.95. The summed E-state index contributed by atoms with van der Waals surface area (Å²) in [5.41, 5.74) is 2.64. The lowest BCUT2D eigenvalue weighted by Gasteiger charge is -2.29. The van der Waals surface area contributed by atoms with Gasteiger partial charge in [-0.1, -0.05) is 0 Å². The van der Waals surface area contributed by atoms with Crippen molar-refractivity contribution in [3.05, 3.63) is 48.3 Å². The first kappa shape index (κ1) is 12.6. The third-order valence-corrected chi connectivity index (χ3v) is 5.20. The second-order valence-electron chi connectivity index (χ2n) is 6.32. The summed E-state index contributed by atoms with van der Waals surface area (Å²) in [4.78, 5) is 8.42. The molecule has 4 nitrogen and oxygen atoms in total. The van der Waals surface area contributed by atoms with Gasteiger partial charge >= 0.3 is 0 Å². The Hall–Kier alpha value is -2.15. The lowest BCUT2D eigenvalue weighted by molar-refractivity contribution is 0.340. The average Bonchev–Trinajstić information content (AvgIpc) is 3.03. The summed E-state index contributed by atoms with van der Waals surface area (Å²) in [5, 5.41) is 9.40. The van der Waals surface area contributed by atoms with Crippen molar-refractivity contribution >= 4 is 0 Å². The van der Waals surface area contributed by atoms with E-state index in [1.807, 2.05) is 24.9 Å². The summed E-state index contributed by atoms with van der Waals surface area (Å²) in [6.07, 6.45) is 13.2. The summed E-state index contributed by atoms with van der Waals surface area (Å²) in [5.74, 6) is 0.147. The first-order valence-corrected chi connectivity index (χ1v) is 7.64. The Bertz CT molecular complexity index is 684. The van der Waals surface area contributed by atoms with Crippen LogP contribution in [0.15, 0.2) is 37.1 Å². The Labute approximate surface area is 124 Å². The van der Waals surface area contributed by atoms with Gasteiger partial charge in [-0.25, -0.2) is 4.98 Å². The summed E-state index contributed by atoms with van der Waals surface area (Å²) >= 11 is 0. The summed E-state index contributed by atoms with van der Waals surface area (Å²) in [6, 6.07) is 7.12. The van der Waals surface area contributed by atoms with Crippen LogP contribution < -0.4 is 0 Å². The van der Waals surface area contributed by atoms with Crippen molar-refractivity contribution in [1.82, 2.24) is 14.5 Å². The molecule has 3 atom stereocenters. The zero-order chi connectivity index (χ0) is 14.3. The quantitative estimate of drug-likeness (QED) is 0.867. The number of imidazole rings is 1. The molecular weight excluding hydrogens is 260 g/mol. The number of nitriles is 1. The highest BCUT2D eigenvalue weighted by Gasteiger charge is 2.56. The number of hydrogen-bond donors (Lipinski definition) is 0. The van der Waals surface area contributed by atoms with E-state index in [2.05, 4.69) is 32.7 Å². The topological polar surface area (TPSA) is 54.5 Å². The van der Waals surface area contributed by atoms with Crippen LogP contribution in [-0.2, 0) is 11.8 Å². The van der Waals surface area contributed by atoms with Gasteiger partial charge in [-0.15, -0.1) is 0 Å². The van der Waals surface area contributed by atoms with E-state index in [0.717, 1.165) is 19.3 Å². The summed E-state index contributed by atoms with van der Waals surface area (Å²) in [7, 11) is 0. The Morgan fingerprint density at radius 2 is 2.19 bits per heavy atom. The van der Waals surface area contributed by atoms with Gasteiger partial charge in [0.2, 0.25) is 0 Å². The minimum Gasteiger partial charge on any atom is -0.332 e. The molecule has 0 aromatic carbocycles. The normalized spacial score (nSPS) is 30.4. The number of nitrogens with zero attached hydrogens (tertiary/aromatic N) is 4. The molecular formula is C17H18N4. The molecule has 1 saturated carbocycles. The molecule has 3 heterocycles. The minimum atomic E-state index is 0.0290. The van der Waals surface area contributed by atoms with Crippen LogP contribution in [0.1, 0.15) is 43.0 Å². The lowest BCUT2D eigenvalue weighted by atomic mass is 9.84. The Kier molecular flexibility index (Phi) is 2.81. The van der Waals surface area contributed by atoms with Crippen molar-refractivity contribution < 1.29 is 0 Å². The van der Waals surface area contributed by atoms with Gasteiger partial charge in [-0.05, 0) is 49.8 Å². The fraction of sp³-hybridized carbons (Fsp3) is 0.471. The van der Waals surface area contributed by atoms with E-state index >= 15 is 0 Å². The van der Waals surface area contributed by atoms with Crippen LogP contribution in [0, 0.1) is 17.2 Å². The number of aromatic nitrogens is 3. The van der Waals surface area contributed by atoms with E-state index in [4.69, 9.17) is 0 Å². The molecule has 3 unspecified atom stereocenters. The molecule has 0 N–H and O–H groups in total. The molecule has 0 bridgehead atoms. The SMILES string of the molecule is N#CC1CC1(CC1CCCc2cncn21)c1ccncc1. The van der Waals surface area contributed by atoms with Crippen LogP contribution in [0.4, 0.5) is 0 Å². The van der Waals surface area contributed by atoms with Gasteiger partial charge in [0, 0.05) is 35.7 Å². The third kappa shape index (κ3) is 1.96. The number of pyridine rings is 1. The van der Waals surface area contributed by atoms with Crippen molar-refractivity contribution in [3.63, 3.8) is 0 Å². The summed E-state index contributed by atoms with van der Waals surface area (Å²) < 4.78 is 2.33. The average molecular weight is 278 g/mol. The van der Waals surface area contributed by atoms with Crippen molar-refractivity contribution in [2.75, 3.05) is 0 Å². The number of rotatable bonds is 3. The molecule has 1 fully saturated rings. The van der Waals surface area contributed by atoms with E-state index in [9.17, 15) is 5.26 Å². The second-order valence-corrected chi connectivity index (χ2v) is 6.32. The number of fused-ring (bicyclic) bond motifs is 1. The second kappa shape index (κ2) is 4.70. The van der Waals surface area contributed by atoms with Gasteiger partial charge in [0.05, 0.1) is 18.3 Å². The highest BCUT2D eigenvalue weighted by Crippen LogP contribution is 2.59. The predicted octanol–water partition coefficient (Wildman–Crippen LogP) is 3.03. The van der Waals surface area contributed by atoms with Gasteiger partial charge in [-0.2, -0.15) is 5.26 Å². The predicted molar refractivity (Wildman–Crippen MR) is 78.5 cm³/mol. The Morgan fingerprint density at radius 1 is 1.33 bits per heavy atom. The molecule has 0 spiro atoms. The largest absolute Gasteiger partial charge is 0.332 e. The van der Waals surface area contributed by atoms with Crippen molar-refractivity contribution in [2.45, 2.75) is 43.6 Å². The monoisotopic (exact) mass is 278 g/mol. The van der Waals surface area contributed by atoms with Crippen molar-refractivity contribution in [3.8, 4) is 6.07 Å². The molecule has 0 radical (unpaired) electrons. The van der Waals surface area contributed by atoms with E-state index < -0.39 is 0 Å². The molecule has 106 valence electrons. The molecule has 0 amide bonds. The first-order chi connectivity index (χ1) is 10.3. The molecule has 1 aliphatic carbocycles. The molecule has 0 saturated heterocycles. The van der Waals surface area contributed by atoms with Gasteiger partial charge in [0.25, 0.3) is 0 Å². The maximum absolute atomic E-state index is 9.40. The van der Waals surface area contributed by atoms with Crippen molar-refractivity contribution in [2.24, 2.45) is 5.92 Å². The highest BCUT2D eigenvalue weighted by molar-refractivity contribution is 5.36. The van der Waals surface area contributed by atoms with E-state index in [0.29, 0.717) is 6.04 Å².